The molecule has 2 aliphatic heterocycles. The molecule has 3 aromatic rings. The number of benzene rings is 1. The predicted molar refractivity (Wildman–Crippen MR) is 171 cm³/mol. The topological polar surface area (TPSA) is 139 Å². The summed E-state index contributed by atoms with van der Waals surface area (Å²) in [7, 11) is 1.52. The maximum Gasteiger partial charge on any atom is 0.343 e. The van der Waals surface area contributed by atoms with Crippen molar-refractivity contribution in [3.63, 3.8) is 0 Å². The van der Waals surface area contributed by atoms with Gasteiger partial charge in [-0.05, 0) is 45.7 Å². The van der Waals surface area contributed by atoms with Crippen LogP contribution in [0.15, 0.2) is 30.5 Å². The number of rotatable bonds is 9. The number of aryl methyl sites for hydroxylation is 1. The molecule has 3 aliphatic rings. The van der Waals surface area contributed by atoms with Crippen molar-refractivity contribution in [1.82, 2.24) is 19.9 Å². The molecule has 2 aromatic heterocycles. The lowest BCUT2D eigenvalue weighted by molar-refractivity contribution is -0.384. The van der Waals surface area contributed by atoms with Gasteiger partial charge < -0.3 is 24.6 Å². The van der Waals surface area contributed by atoms with Crippen LogP contribution >= 0.6 is 0 Å². The summed E-state index contributed by atoms with van der Waals surface area (Å²) < 4.78 is 11.2. The van der Waals surface area contributed by atoms with Crippen molar-refractivity contribution in [3.8, 4) is 5.75 Å². The largest absolute Gasteiger partial charge is 0.494 e. The Bertz CT molecular complexity index is 1630. The van der Waals surface area contributed by atoms with Crippen LogP contribution in [0.25, 0.3) is 0 Å². The first kappa shape index (κ1) is 30.5. The van der Waals surface area contributed by atoms with E-state index in [2.05, 4.69) is 33.9 Å². The number of esters is 1. The molecule has 13 heteroatoms. The van der Waals surface area contributed by atoms with Gasteiger partial charge in [-0.1, -0.05) is 13.8 Å². The van der Waals surface area contributed by atoms with Gasteiger partial charge in [-0.15, -0.1) is 0 Å². The quantitative estimate of drug-likeness (QED) is 0.194. The minimum atomic E-state index is -0.544. The number of piperazine rings is 1. The van der Waals surface area contributed by atoms with Crippen molar-refractivity contribution in [2.24, 2.45) is 0 Å². The summed E-state index contributed by atoms with van der Waals surface area (Å²) in [5.74, 6) is 0.378. The normalized spacial score (nSPS) is 17.8. The number of nitro benzene ring substituents is 1. The number of carbonyl (C=O) groups excluding carboxylic acids is 1. The zero-order valence-corrected chi connectivity index (χ0v) is 26.7. The Morgan fingerprint density at radius 1 is 1.11 bits per heavy atom. The van der Waals surface area contributed by atoms with Crippen LogP contribution in [-0.4, -0.2) is 82.7 Å². The Hall–Kier alpha value is -4.52. The summed E-state index contributed by atoms with van der Waals surface area (Å²) in [4.78, 5) is 45.6. The second-order valence-corrected chi connectivity index (χ2v) is 12.9. The molecule has 2 fully saturated rings. The van der Waals surface area contributed by atoms with Crippen LogP contribution in [0.2, 0.25) is 0 Å². The first-order valence-corrected chi connectivity index (χ1v) is 15.4. The lowest BCUT2D eigenvalue weighted by atomic mass is 9.91. The second kappa shape index (κ2) is 11.8. The van der Waals surface area contributed by atoms with E-state index >= 15 is 0 Å². The Morgan fingerprint density at radius 2 is 1.84 bits per heavy atom. The lowest BCUT2D eigenvalue weighted by Gasteiger charge is -2.36. The molecule has 0 radical (unpaired) electrons. The van der Waals surface area contributed by atoms with E-state index in [1.54, 1.807) is 19.9 Å². The van der Waals surface area contributed by atoms with E-state index in [9.17, 15) is 14.9 Å². The molecule has 0 spiro atoms. The van der Waals surface area contributed by atoms with Gasteiger partial charge in [0.1, 0.15) is 17.0 Å². The summed E-state index contributed by atoms with van der Waals surface area (Å²) in [6.07, 6.45) is 3.55. The monoisotopic (exact) mass is 616 g/mol. The number of nitro groups is 1. The number of ether oxygens (including phenoxy) is 2. The van der Waals surface area contributed by atoms with Crippen LogP contribution in [0.1, 0.15) is 62.3 Å². The van der Waals surface area contributed by atoms with E-state index in [0.717, 1.165) is 30.2 Å². The summed E-state index contributed by atoms with van der Waals surface area (Å²) in [6.45, 7) is 13.4. The van der Waals surface area contributed by atoms with Gasteiger partial charge in [0.2, 0.25) is 5.95 Å². The highest BCUT2D eigenvalue weighted by atomic mass is 16.6. The number of hydrogen-bond acceptors (Lipinski definition) is 12. The van der Waals surface area contributed by atoms with Crippen molar-refractivity contribution in [2.75, 3.05) is 55.0 Å². The summed E-state index contributed by atoms with van der Waals surface area (Å²) >= 11 is 0. The third kappa shape index (κ3) is 6.08. The molecule has 0 atom stereocenters. The lowest BCUT2D eigenvalue weighted by Crippen LogP contribution is -2.47. The fourth-order valence-corrected chi connectivity index (χ4v) is 6.18. The van der Waals surface area contributed by atoms with Crippen LogP contribution in [0, 0.1) is 17.0 Å². The molecule has 6 rings (SSSR count). The van der Waals surface area contributed by atoms with Crippen molar-refractivity contribution >= 4 is 40.5 Å². The average Bonchev–Trinajstić information content (AvgIpc) is 3.81. The minimum absolute atomic E-state index is 0.0350. The number of carbonyl (C=O) groups is 1. The van der Waals surface area contributed by atoms with E-state index in [-0.39, 0.29) is 33.6 Å². The first-order chi connectivity index (χ1) is 21.4. The van der Waals surface area contributed by atoms with Gasteiger partial charge in [-0.25, -0.2) is 9.78 Å². The van der Waals surface area contributed by atoms with Crippen LogP contribution in [0.3, 0.4) is 0 Å². The molecular weight excluding hydrogens is 576 g/mol. The van der Waals surface area contributed by atoms with Gasteiger partial charge in [0.05, 0.1) is 35.2 Å². The average molecular weight is 617 g/mol. The fourth-order valence-electron chi connectivity index (χ4n) is 6.18. The molecule has 1 saturated carbocycles. The number of anilines is 5. The number of methoxy groups -OCH3 is 1. The number of hydrogen-bond donors (Lipinski definition) is 1. The zero-order valence-electron chi connectivity index (χ0n) is 26.7. The van der Waals surface area contributed by atoms with Crippen LogP contribution < -0.4 is 19.9 Å². The first-order valence-electron chi connectivity index (χ1n) is 15.4. The Morgan fingerprint density at radius 3 is 2.49 bits per heavy atom. The molecule has 45 heavy (non-hydrogen) atoms. The molecule has 1 N–H and O–H groups in total. The molecule has 1 saturated heterocycles. The predicted octanol–water partition coefficient (Wildman–Crippen LogP) is 5.12. The summed E-state index contributed by atoms with van der Waals surface area (Å²) in [6, 6.07) is 7.74. The standard InChI is InChI=1S/C32H40N8O5/c1-19(2)45-30(41)22-17-33-31(36-29(22)39-18-32(4,5)28-24(39)10-7-20(3)34-28)35-23-15-26(40(42)43)25(16-27(23)44-6)38-13-11-37(12-14-38)21-8-9-21/h7,10,15-17,19,21H,8-9,11-14,18H2,1-6H3,(H,33,35,36). The Balaban J connectivity index is 1.36. The number of fused-ring (bicyclic) bond motifs is 1. The van der Waals surface area contributed by atoms with Gasteiger partial charge in [-0.2, -0.15) is 4.98 Å². The number of nitrogens with one attached hydrogen (secondary N) is 1. The number of nitrogens with zero attached hydrogens (tertiary/aromatic N) is 7. The number of pyridine rings is 1. The molecule has 0 amide bonds. The van der Waals surface area contributed by atoms with Crippen molar-refractivity contribution < 1.29 is 19.2 Å². The fraction of sp³-hybridized carbons (Fsp3) is 0.500. The van der Waals surface area contributed by atoms with E-state index in [0.29, 0.717) is 48.6 Å². The van der Waals surface area contributed by atoms with Gasteiger partial charge >= 0.3 is 5.97 Å². The molecule has 238 valence electrons. The van der Waals surface area contributed by atoms with Crippen molar-refractivity contribution in [3.05, 3.63) is 57.5 Å². The highest BCUT2D eigenvalue weighted by Gasteiger charge is 2.40. The highest BCUT2D eigenvalue weighted by Crippen LogP contribution is 2.45. The van der Waals surface area contributed by atoms with Crippen LogP contribution in [-0.2, 0) is 10.2 Å². The van der Waals surface area contributed by atoms with E-state index in [1.807, 2.05) is 24.0 Å². The number of aromatic nitrogens is 3. The third-order valence-electron chi connectivity index (χ3n) is 8.54. The smallest absolute Gasteiger partial charge is 0.343 e. The van der Waals surface area contributed by atoms with Crippen LogP contribution in [0.4, 0.5) is 34.5 Å². The van der Waals surface area contributed by atoms with Crippen molar-refractivity contribution in [1.29, 1.82) is 0 Å². The van der Waals surface area contributed by atoms with Gasteiger partial charge in [0, 0.05) is 68.2 Å². The summed E-state index contributed by atoms with van der Waals surface area (Å²) in [5.41, 5.74) is 3.36. The van der Waals surface area contributed by atoms with Crippen molar-refractivity contribution in [2.45, 2.75) is 65.0 Å². The molecule has 4 heterocycles. The Labute approximate surface area is 262 Å². The van der Waals surface area contributed by atoms with Gasteiger partial charge in [0.25, 0.3) is 5.69 Å². The second-order valence-electron chi connectivity index (χ2n) is 12.9. The SMILES string of the molecule is COc1cc(N2CCN(C3CC3)CC2)c([N+](=O)[O-])cc1Nc1ncc(C(=O)OC(C)C)c(N2CC(C)(C)c3nc(C)ccc32)n1. The molecule has 1 aliphatic carbocycles. The molecular formula is C32H40N8O5. The molecule has 0 unspecified atom stereocenters. The highest BCUT2D eigenvalue weighted by molar-refractivity contribution is 5.96. The van der Waals surface area contributed by atoms with Gasteiger partial charge in [0.15, 0.2) is 5.82 Å². The molecule has 0 bridgehead atoms. The molecule has 13 nitrogen and oxygen atoms in total. The van der Waals surface area contributed by atoms with E-state index in [4.69, 9.17) is 19.4 Å². The van der Waals surface area contributed by atoms with Gasteiger partial charge in [-0.3, -0.25) is 20.0 Å². The van der Waals surface area contributed by atoms with Crippen LogP contribution in [0.5, 0.6) is 5.75 Å². The maximum absolute atomic E-state index is 13.2. The summed E-state index contributed by atoms with van der Waals surface area (Å²) in [5, 5.41) is 15.4. The third-order valence-corrected chi connectivity index (χ3v) is 8.54. The Kier molecular flexibility index (Phi) is 7.98. The zero-order chi connectivity index (χ0) is 32.0. The van der Waals surface area contributed by atoms with E-state index < -0.39 is 5.97 Å². The maximum atomic E-state index is 13.2. The van der Waals surface area contributed by atoms with E-state index in [1.165, 1.54) is 32.2 Å². The minimum Gasteiger partial charge on any atom is -0.494 e. The molecule has 1 aromatic carbocycles.